The summed E-state index contributed by atoms with van der Waals surface area (Å²) in [6.07, 6.45) is 0. The van der Waals surface area contributed by atoms with Crippen molar-refractivity contribution in [1.82, 2.24) is 0 Å². The van der Waals surface area contributed by atoms with Crippen molar-refractivity contribution in [3.8, 4) is 0 Å². The molecule has 0 saturated carbocycles. The molecule has 4 heteroatoms. The third-order valence-corrected chi connectivity index (χ3v) is 0. The summed E-state index contributed by atoms with van der Waals surface area (Å²) >= 11 is 0. The molecule has 3 nitrogen and oxygen atoms in total. The van der Waals surface area contributed by atoms with Gasteiger partial charge in [-0.15, -0.1) is 0 Å². The van der Waals surface area contributed by atoms with E-state index in [1.165, 1.54) is 0 Å². The van der Waals surface area contributed by atoms with Gasteiger partial charge in [-0.25, -0.2) is 0 Å². The SMILES string of the molecule is O.O.O.[C].[He]. The van der Waals surface area contributed by atoms with Gasteiger partial charge in [0.05, 0.1) is 0 Å². The van der Waals surface area contributed by atoms with E-state index in [0.29, 0.717) is 0 Å². The van der Waals surface area contributed by atoms with Crippen molar-refractivity contribution in [2.24, 2.45) is 0 Å². The molecule has 0 fully saturated rings. The Bertz CT molecular complexity index is 6.85. The van der Waals surface area contributed by atoms with Crippen LogP contribution in [0.3, 0.4) is 0 Å². The molecular formula is CH6HeO3. The average molecular weight is 70.1 g/mol. The summed E-state index contributed by atoms with van der Waals surface area (Å²) in [7, 11) is 0. The quantitative estimate of drug-likeness (QED) is 0.304. The molecule has 0 amide bonds. The molecule has 5 heavy (non-hydrogen) atoms. The van der Waals surface area contributed by atoms with Gasteiger partial charge in [0.2, 0.25) is 0 Å². The van der Waals surface area contributed by atoms with Gasteiger partial charge in [-0.3, -0.25) is 0 Å². The van der Waals surface area contributed by atoms with Crippen molar-refractivity contribution in [1.29, 1.82) is 0 Å². The maximum Gasteiger partial charge on any atom is 0 e. The predicted octanol–water partition coefficient (Wildman–Crippen LogP) is -2.39. The standard InChI is InChI=1S/C.He.3H2O/h;;3*1H2. The maximum atomic E-state index is 0. The zero-order valence-corrected chi connectivity index (χ0v) is 2.71. The van der Waals surface area contributed by atoms with Gasteiger partial charge in [0, 0.05) is 13.6 Å². The Kier molecular flexibility index (Phi) is 205000. The molecule has 0 aromatic carbocycles. The first kappa shape index (κ1) is 1550. The van der Waals surface area contributed by atoms with E-state index >= 15 is 0 Å². The smallest absolute Gasteiger partial charge is 0 e. The van der Waals surface area contributed by atoms with Crippen molar-refractivity contribution in [2.75, 3.05) is 0 Å². The summed E-state index contributed by atoms with van der Waals surface area (Å²) in [6.45, 7) is 0. The van der Waals surface area contributed by atoms with Crippen LogP contribution in [0.25, 0.3) is 0 Å². The molecule has 0 saturated heterocycles. The first-order valence-corrected chi connectivity index (χ1v) is 0. The molecule has 0 aliphatic heterocycles. The Labute approximate surface area is 31.3 Å². The Morgan fingerprint density at radius 3 is 0.600 bits per heavy atom. The largest absolute Gasteiger partial charge is 0.412 e. The minimum absolute atomic E-state index is 0. The zero-order chi connectivity index (χ0) is 0. The molecule has 0 aromatic heterocycles. The second-order valence-corrected chi connectivity index (χ2v) is 0. The van der Waals surface area contributed by atoms with E-state index in [1.54, 1.807) is 0 Å². The van der Waals surface area contributed by atoms with Crippen molar-refractivity contribution in [3.05, 3.63) is 7.43 Å². The fraction of sp³-hybridized carbons (Fsp3) is 0. The molecule has 0 bridgehead atoms. The van der Waals surface area contributed by atoms with Crippen molar-refractivity contribution in [2.45, 2.75) is 0 Å². The van der Waals surface area contributed by atoms with Crippen LogP contribution in [0.15, 0.2) is 0 Å². The van der Waals surface area contributed by atoms with Gasteiger partial charge >= 0.3 is 0 Å². The molecule has 30 valence electrons. The molecule has 0 spiro atoms. The van der Waals surface area contributed by atoms with E-state index in [4.69, 9.17) is 0 Å². The van der Waals surface area contributed by atoms with Gasteiger partial charge in [-0.2, -0.15) is 0 Å². The molecule has 0 aromatic rings. The average Bonchev–Trinajstić information content (AvgIpc) is 0. The molecule has 0 rings (SSSR count). The number of hydrogen-bond donors (Lipinski definition) is 0. The number of hydrogen-bond acceptors (Lipinski definition) is 0. The summed E-state index contributed by atoms with van der Waals surface area (Å²) in [5.74, 6) is 0. The van der Waals surface area contributed by atoms with E-state index < -0.39 is 0 Å². The summed E-state index contributed by atoms with van der Waals surface area (Å²) in [5, 5.41) is 0. The minimum atomic E-state index is 0. The molecule has 0 atom stereocenters. The van der Waals surface area contributed by atoms with Crippen LogP contribution in [0.2, 0.25) is 0 Å². The summed E-state index contributed by atoms with van der Waals surface area (Å²) in [5.41, 5.74) is 0. The fourth-order valence-electron chi connectivity index (χ4n) is 0. The van der Waals surface area contributed by atoms with E-state index in [9.17, 15) is 0 Å². The van der Waals surface area contributed by atoms with Gasteiger partial charge in [0.15, 0.2) is 0 Å². The monoisotopic (exact) mass is 70.0 g/mol. The molecule has 6 N–H and O–H groups in total. The predicted molar refractivity (Wildman–Crippen MR) is 14.1 cm³/mol. The molecule has 0 aliphatic rings. The van der Waals surface area contributed by atoms with Gasteiger partial charge in [-0.1, -0.05) is 0 Å². The summed E-state index contributed by atoms with van der Waals surface area (Å²) < 4.78 is 0. The van der Waals surface area contributed by atoms with E-state index in [0.717, 1.165) is 0 Å². The summed E-state index contributed by atoms with van der Waals surface area (Å²) in [6, 6.07) is 0. The third kappa shape index (κ3) is 273. The van der Waals surface area contributed by atoms with Gasteiger partial charge in [0.1, 0.15) is 0 Å². The van der Waals surface area contributed by atoms with Gasteiger partial charge in [-0.05, 0) is 0 Å². The van der Waals surface area contributed by atoms with E-state index in [1.807, 2.05) is 0 Å². The van der Waals surface area contributed by atoms with E-state index in [-0.39, 0.29) is 30.0 Å². The van der Waals surface area contributed by atoms with Gasteiger partial charge < -0.3 is 16.4 Å². The Morgan fingerprint density at radius 1 is 0.600 bits per heavy atom. The van der Waals surface area contributed by atoms with Crippen molar-refractivity contribution < 1.29 is 22.6 Å². The van der Waals surface area contributed by atoms with Gasteiger partial charge in [0.25, 0.3) is 0 Å². The first-order valence-electron chi connectivity index (χ1n) is 0. The molecular weight excluding hydrogens is 64.0 g/mol. The Hall–Kier alpha value is -0.211. The van der Waals surface area contributed by atoms with Crippen LogP contribution < -0.4 is 0 Å². The van der Waals surface area contributed by atoms with Crippen LogP contribution in [0, 0.1) is 13.6 Å². The summed E-state index contributed by atoms with van der Waals surface area (Å²) in [4.78, 5) is 0. The molecule has 0 heterocycles. The third-order valence-electron chi connectivity index (χ3n) is 0. The van der Waals surface area contributed by atoms with E-state index in [2.05, 4.69) is 0 Å². The van der Waals surface area contributed by atoms with Crippen LogP contribution in [-0.4, -0.2) is 16.4 Å². The van der Waals surface area contributed by atoms with Crippen LogP contribution in [0.5, 0.6) is 0 Å². The van der Waals surface area contributed by atoms with Crippen molar-refractivity contribution in [3.63, 3.8) is 0 Å². The minimum Gasteiger partial charge on any atom is -0.412 e. The molecule has 0 aliphatic carbocycles. The van der Waals surface area contributed by atoms with Crippen molar-refractivity contribution >= 4 is 0 Å². The fourth-order valence-corrected chi connectivity index (χ4v) is 0. The molecule has 4 radical (unpaired) electrons. The first-order chi connectivity index (χ1) is 0. The van der Waals surface area contributed by atoms with Crippen LogP contribution in [-0.2, 0) is 0 Å². The van der Waals surface area contributed by atoms with Crippen LogP contribution in [0.1, 0.15) is 0 Å². The second-order valence-electron chi connectivity index (χ2n) is 0. The molecule has 0 unspecified atom stereocenters. The topological polar surface area (TPSA) is 94.5 Å². The van der Waals surface area contributed by atoms with Crippen LogP contribution in [0.4, 0.5) is 0 Å². The second kappa shape index (κ2) is 663. The normalized spacial score (nSPS) is 0. The van der Waals surface area contributed by atoms with Crippen LogP contribution >= 0.6 is 0 Å². The zero-order valence-electron chi connectivity index (χ0n) is 2.71. The Morgan fingerprint density at radius 2 is 0.600 bits per heavy atom. The Balaban J connectivity index is 0. The maximum absolute atomic E-state index is 0. The number of rotatable bonds is 0.